The van der Waals surface area contributed by atoms with Gasteiger partial charge in [-0.25, -0.2) is 9.97 Å². The van der Waals surface area contributed by atoms with Crippen molar-refractivity contribution in [3.63, 3.8) is 0 Å². The van der Waals surface area contributed by atoms with Gasteiger partial charge in [-0.2, -0.15) is 4.80 Å². The van der Waals surface area contributed by atoms with Crippen LogP contribution in [0.1, 0.15) is 47.4 Å². The molecule has 0 spiro atoms. The molecule has 3 aromatic heterocycles. The second-order valence-electron chi connectivity index (χ2n) is 7.72. The average Bonchev–Trinajstić information content (AvgIpc) is 3.51. The summed E-state index contributed by atoms with van der Waals surface area (Å²) in [5, 5.41) is 23.3. The molecule has 0 bridgehead atoms. The van der Waals surface area contributed by atoms with Gasteiger partial charge in [-0.1, -0.05) is 24.3 Å². The van der Waals surface area contributed by atoms with E-state index in [-0.39, 0.29) is 18.6 Å². The number of pyridine rings is 1. The van der Waals surface area contributed by atoms with Gasteiger partial charge in [0.05, 0.1) is 18.5 Å². The van der Waals surface area contributed by atoms with Crippen LogP contribution in [0.5, 0.6) is 0 Å². The first kappa shape index (κ1) is 18.6. The lowest BCUT2D eigenvalue weighted by atomic mass is 10.0. The molecular formula is C21H21N7O2. The third-order valence-corrected chi connectivity index (χ3v) is 5.45. The summed E-state index contributed by atoms with van der Waals surface area (Å²) in [4.78, 5) is 22.5. The number of nitrogens with zero attached hydrogens (tertiary/aromatic N) is 7. The van der Waals surface area contributed by atoms with Crippen LogP contribution in [0.2, 0.25) is 0 Å². The van der Waals surface area contributed by atoms with E-state index in [0.29, 0.717) is 22.8 Å². The number of aromatic nitrogens is 7. The van der Waals surface area contributed by atoms with Crippen molar-refractivity contribution in [1.29, 1.82) is 0 Å². The second-order valence-corrected chi connectivity index (χ2v) is 7.72. The summed E-state index contributed by atoms with van der Waals surface area (Å²) in [5.41, 5.74) is 3.18. The lowest BCUT2D eigenvalue weighted by Crippen LogP contribution is -2.23. The Morgan fingerprint density at radius 2 is 1.97 bits per heavy atom. The molecule has 0 radical (unpaired) electrons. The van der Waals surface area contributed by atoms with E-state index < -0.39 is 6.10 Å². The number of aryl methyl sites for hydroxylation is 1. The van der Waals surface area contributed by atoms with Crippen molar-refractivity contribution in [3.05, 3.63) is 75.7 Å². The van der Waals surface area contributed by atoms with E-state index in [1.54, 1.807) is 12.3 Å². The van der Waals surface area contributed by atoms with Crippen LogP contribution in [0.15, 0.2) is 47.7 Å². The van der Waals surface area contributed by atoms with E-state index in [1.807, 2.05) is 19.1 Å². The van der Waals surface area contributed by atoms with Gasteiger partial charge in [0, 0.05) is 6.20 Å². The van der Waals surface area contributed by atoms with Gasteiger partial charge in [0.15, 0.2) is 11.5 Å². The van der Waals surface area contributed by atoms with E-state index in [1.165, 1.54) is 34.1 Å². The van der Waals surface area contributed by atoms with Gasteiger partial charge in [-0.05, 0) is 53.7 Å². The first-order valence-corrected chi connectivity index (χ1v) is 9.94. The van der Waals surface area contributed by atoms with Crippen molar-refractivity contribution in [2.45, 2.75) is 44.9 Å². The molecule has 0 saturated heterocycles. The quantitative estimate of drug-likeness (QED) is 0.522. The fourth-order valence-electron chi connectivity index (χ4n) is 3.58. The Morgan fingerprint density at radius 1 is 1.17 bits per heavy atom. The van der Waals surface area contributed by atoms with Crippen molar-refractivity contribution in [2.24, 2.45) is 0 Å². The summed E-state index contributed by atoms with van der Waals surface area (Å²) in [6, 6.07) is 9.83. The molecule has 5 rings (SSSR count). The number of benzene rings is 1. The standard InChI is InChI=1S/C21H21N7O2/c1-13-8-9-22-20-19(13)21(30)27(12-23-20)11-18-24-26-28(25-18)10-17(29)16-6-4-15(5-7-16)14-2-3-14/h4-9,12,14,17,29H,2-3,10-11H2,1H3. The van der Waals surface area contributed by atoms with Gasteiger partial charge in [0.25, 0.3) is 5.56 Å². The third kappa shape index (κ3) is 3.59. The summed E-state index contributed by atoms with van der Waals surface area (Å²) >= 11 is 0. The highest BCUT2D eigenvalue weighted by Gasteiger charge is 2.23. The monoisotopic (exact) mass is 403 g/mol. The van der Waals surface area contributed by atoms with E-state index in [4.69, 9.17) is 0 Å². The fourth-order valence-corrected chi connectivity index (χ4v) is 3.58. The zero-order valence-electron chi connectivity index (χ0n) is 16.5. The Kier molecular flexibility index (Phi) is 4.59. The minimum atomic E-state index is -0.737. The molecule has 9 heteroatoms. The number of hydrogen-bond acceptors (Lipinski definition) is 7. The molecule has 1 fully saturated rings. The van der Waals surface area contributed by atoms with Crippen LogP contribution < -0.4 is 5.56 Å². The molecule has 1 aliphatic carbocycles. The largest absolute Gasteiger partial charge is 0.386 e. The minimum Gasteiger partial charge on any atom is -0.386 e. The Hall–Kier alpha value is -3.46. The summed E-state index contributed by atoms with van der Waals surface area (Å²) in [5.74, 6) is 1.05. The lowest BCUT2D eigenvalue weighted by molar-refractivity contribution is 0.144. The first-order valence-electron chi connectivity index (χ1n) is 9.94. The summed E-state index contributed by atoms with van der Waals surface area (Å²) in [7, 11) is 0. The smallest absolute Gasteiger partial charge is 0.263 e. The maximum Gasteiger partial charge on any atom is 0.263 e. The van der Waals surface area contributed by atoms with Crippen molar-refractivity contribution >= 4 is 11.0 Å². The van der Waals surface area contributed by atoms with Gasteiger partial charge in [0.1, 0.15) is 12.4 Å². The number of aliphatic hydroxyl groups is 1. The van der Waals surface area contributed by atoms with Crippen molar-refractivity contribution in [3.8, 4) is 0 Å². The van der Waals surface area contributed by atoms with Crippen LogP contribution in [0, 0.1) is 6.92 Å². The van der Waals surface area contributed by atoms with Crippen LogP contribution in [0.4, 0.5) is 0 Å². The first-order chi connectivity index (χ1) is 14.6. The molecule has 1 aromatic carbocycles. The van der Waals surface area contributed by atoms with Gasteiger partial charge in [-0.15, -0.1) is 10.2 Å². The van der Waals surface area contributed by atoms with Gasteiger partial charge >= 0.3 is 0 Å². The maximum atomic E-state index is 12.8. The summed E-state index contributed by atoms with van der Waals surface area (Å²) in [6.45, 7) is 2.18. The number of tetrazole rings is 1. The van der Waals surface area contributed by atoms with Crippen molar-refractivity contribution < 1.29 is 5.11 Å². The zero-order valence-corrected chi connectivity index (χ0v) is 16.5. The number of aliphatic hydroxyl groups excluding tert-OH is 1. The molecule has 3 heterocycles. The second kappa shape index (κ2) is 7.42. The number of rotatable bonds is 6. The predicted octanol–water partition coefficient (Wildman–Crippen LogP) is 1.75. The van der Waals surface area contributed by atoms with Gasteiger partial charge in [-0.3, -0.25) is 9.36 Å². The van der Waals surface area contributed by atoms with E-state index in [9.17, 15) is 9.90 Å². The maximum absolute atomic E-state index is 12.8. The highest BCUT2D eigenvalue weighted by atomic mass is 16.3. The van der Waals surface area contributed by atoms with Crippen LogP contribution >= 0.6 is 0 Å². The van der Waals surface area contributed by atoms with Crippen LogP contribution in [0.25, 0.3) is 11.0 Å². The number of hydrogen-bond donors (Lipinski definition) is 1. The van der Waals surface area contributed by atoms with Gasteiger partial charge in [0.2, 0.25) is 0 Å². The highest BCUT2D eigenvalue weighted by Crippen LogP contribution is 2.40. The molecule has 9 nitrogen and oxygen atoms in total. The van der Waals surface area contributed by atoms with Crippen LogP contribution in [-0.2, 0) is 13.1 Å². The van der Waals surface area contributed by atoms with E-state index in [2.05, 4.69) is 37.5 Å². The lowest BCUT2D eigenvalue weighted by Gasteiger charge is -2.10. The molecule has 1 N–H and O–H groups in total. The molecule has 1 saturated carbocycles. The fraction of sp³-hybridized carbons (Fsp3) is 0.333. The Labute approximate surface area is 172 Å². The van der Waals surface area contributed by atoms with Crippen LogP contribution in [-0.4, -0.2) is 39.8 Å². The van der Waals surface area contributed by atoms with E-state index >= 15 is 0 Å². The molecule has 4 aromatic rings. The molecule has 0 amide bonds. The molecule has 1 atom stereocenters. The minimum absolute atomic E-state index is 0.141. The normalized spacial score (nSPS) is 14.9. The molecule has 152 valence electrons. The Balaban J connectivity index is 1.31. The molecule has 1 unspecified atom stereocenters. The zero-order chi connectivity index (χ0) is 20.7. The van der Waals surface area contributed by atoms with Crippen LogP contribution in [0.3, 0.4) is 0 Å². The molecule has 30 heavy (non-hydrogen) atoms. The van der Waals surface area contributed by atoms with Crippen molar-refractivity contribution in [2.75, 3.05) is 0 Å². The summed E-state index contributed by atoms with van der Waals surface area (Å²) in [6.07, 6.45) is 4.83. The average molecular weight is 403 g/mol. The molecule has 1 aliphatic rings. The highest BCUT2D eigenvalue weighted by molar-refractivity contribution is 5.76. The topological polar surface area (TPSA) is 112 Å². The SMILES string of the molecule is Cc1ccnc2ncn(Cc3nnn(CC(O)c4ccc(C5CC5)cc4)n3)c(=O)c12. The predicted molar refractivity (Wildman–Crippen MR) is 109 cm³/mol. The molecule has 0 aliphatic heterocycles. The molecular weight excluding hydrogens is 382 g/mol. The third-order valence-electron chi connectivity index (χ3n) is 5.45. The summed E-state index contributed by atoms with van der Waals surface area (Å²) < 4.78 is 1.44. The van der Waals surface area contributed by atoms with E-state index in [0.717, 1.165) is 11.1 Å². The van der Waals surface area contributed by atoms with Gasteiger partial charge < -0.3 is 5.11 Å². The number of fused-ring (bicyclic) bond motifs is 1. The van der Waals surface area contributed by atoms with Crippen molar-refractivity contribution in [1.82, 2.24) is 34.7 Å². The Morgan fingerprint density at radius 3 is 2.73 bits per heavy atom. The Bertz CT molecular complexity index is 1260.